The number of aliphatic hydroxyl groups is 1. The number of carbonyl (C=O) groups is 1. The minimum Gasteiger partial charge on any atom is -0.395 e. The number of carbonyl (C=O) groups excluding carboxylic acids is 1. The maximum Gasteiger partial charge on any atom is 0.251 e. The predicted octanol–water partition coefficient (Wildman–Crippen LogP) is 0.307. The quantitative estimate of drug-likeness (QED) is 0.607. The van der Waals surface area contributed by atoms with Crippen LogP contribution in [-0.4, -0.2) is 37.3 Å². The maximum atomic E-state index is 11.6. The van der Waals surface area contributed by atoms with Crippen molar-refractivity contribution in [3.63, 3.8) is 0 Å². The second kappa shape index (κ2) is 6.98. The van der Waals surface area contributed by atoms with Gasteiger partial charge >= 0.3 is 0 Å². The molecule has 0 unspecified atom stereocenters. The molecule has 0 saturated carbocycles. The van der Waals surface area contributed by atoms with Crippen molar-refractivity contribution in [2.24, 2.45) is 0 Å². The Morgan fingerprint density at radius 1 is 1.19 bits per heavy atom. The Kier molecular flexibility index (Phi) is 5.53. The lowest BCUT2D eigenvalue weighted by Gasteiger charge is -2.06. The number of rotatable bonds is 6. The second-order valence-corrected chi connectivity index (χ2v) is 3.60. The third kappa shape index (κ3) is 4.42. The maximum absolute atomic E-state index is 11.6. The molecule has 1 rings (SSSR count). The van der Waals surface area contributed by atoms with E-state index in [0.29, 0.717) is 25.2 Å². The SMILES string of the molecule is Cc1ccc(C(=O)NCCNCCO)cc1. The zero-order valence-electron chi connectivity index (χ0n) is 9.49. The molecule has 0 spiro atoms. The zero-order valence-corrected chi connectivity index (χ0v) is 9.49. The van der Waals surface area contributed by atoms with Crippen LogP contribution >= 0.6 is 0 Å². The molecule has 16 heavy (non-hydrogen) atoms. The van der Waals surface area contributed by atoms with Crippen LogP contribution in [0.4, 0.5) is 0 Å². The summed E-state index contributed by atoms with van der Waals surface area (Å²) in [6, 6.07) is 7.45. The van der Waals surface area contributed by atoms with Crippen LogP contribution in [0, 0.1) is 6.92 Å². The van der Waals surface area contributed by atoms with Gasteiger partial charge in [-0.15, -0.1) is 0 Å². The average molecular weight is 222 g/mol. The van der Waals surface area contributed by atoms with Crippen molar-refractivity contribution >= 4 is 5.91 Å². The van der Waals surface area contributed by atoms with Crippen LogP contribution in [-0.2, 0) is 0 Å². The first-order valence-corrected chi connectivity index (χ1v) is 5.40. The van der Waals surface area contributed by atoms with Crippen molar-refractivity contribution in [1.82, 2.24) is 10.6 Å². The number of benzene rings is 1. The highest BCUT2D eigenvalue weighted by atomic mass is 16.3. The van der Waals surface area contributed by atoms with Crippen LogP contribution in [0.2, 0.25) is 0 Å². The highest BCUT2D eigenvalue weighted by Crippen LogP contribution is 2.02. The van der Waals surface area contributed by atoms with Gasteiger partial charge in [-0.25, -0.2) is 0 Å². The Morgan fingerprint density at radius 3 is 2.50 bits per heavy atom. The molecule has 0 atom stereocenters. The topological polar surface area (TPSA) is 61.4 Å². The molecule has 4 nitrogen and oxygen atoms in total. The van der Waals surface area contributed by atoms with Crippen molar-refractivity contribution in [3.8, 4) is 0 Å². The lowest BCUT2D eigenvalue weighted by atomic mass is 10.1. The Balaban J connectivity index is 2.27. The molecule has 0 aliphatic rings. The fourth-order valence-corrected chi connectivity index (χ4v) is 1.28. The molecular formula is C12H18N2O2. The number of nitrogens with one attached hydrogen (secondary N) is 2. The van der Waals surface area contributed by atoms with E-state index in [4.69, 9.17) is 5.11 Å². The monoisotopic (exact) mass is 222 g/mol. The van der Waals surface area contributed by atoms with Gasteiger partial charge in [0.05, 0.1) is 6.61 Å². The van der Waals surface area contributed by atoms with Crippen LogP contribution < -0.4 is 10.6 Å². The Hall–Kier alpha value is -1.39. The summed E-state index contributed by atoms with van der Waals surface area (Å²) < 4.78 is 0. The van der Waals surface area contributed by atoms with Crippen molar-refractivity contribution in [2.45, 2.75) is 6.92 Å². The third-order valence-corrected chi connectivity index (χ3v) is 2.19. The summed E-state index contributed by atoms with van der Waals surface area (Å²) >= 11 is 0. The van der Waals surface area contributed by atoms with Crippen LogP contribution in [0.5, 0.6) is 0 Å². The van der Waals surface area contributed by atoms with Crippen molar-refractivity contribution in [2.75, 3.05) is 26.2 Å². The second-order valence-electron chi connectivity index (χ2n) is 3.60. The average Bonchev–Trinajstić information content (AvgIpc) is 2.29. The molecule has 0 saturated heterocycles. The molecule has 0 bridgehead atoms. The van der Waals surface area contributed by atoms with Crippen LogP contribution in [0.3, 0.4) is 0 Å². The Bertz CT molecular complexity index is 322. The summed E-state index contributed by atoms with van der Waals surface area (Å²) in [5, 5.41) is 14.3. The van der Waals surface area contributed by atoms with Gasteiger partial charge in [0, 0.05) is 25.2 Å². The standard InChI is InChI=1S/C12H18N2O2/c1-10-2-4-11(5-3-10)12(16)14-7-6-13-8-9-15/h2-5,13,15H,6-9H2,1H3,(H,14,16). The van der Waals surface area contributed by atoms with Crippen molar-refractivity contribution in [3.05, 3.63) is 35.4 Å². The van der Waals surface area contributed by atoms with Gasteiger partial charge in [-0.1, -0.05) is 17.7 Å². The van der Waals surface area contributed by atoms with E-state index in [-0.39, 0.29) is 12.5 Å². The largest absolute Gasteiger partial charge is 0.395 e. The molecule has 0 radical (unpaired) electrons. The minimum absolute atomic E-state index is 0.0641. The molecular weight excluding hydrogens is 204 g/mol. The zero-order chi connectivity index (χ0) is 11.8. The summed E-state index contributed by atoms with van der Waals surface area (Å²) in [5.74, 6) is -0.0641. The molecule has 0 aliphatic carbocycles. The van der Waals surface area contributed by atoms with E-state index in [9.17, 15) is 4.79 Å². The first-order valence-electron chi connectivity index (χ1n) is 5.40. The lowest BCUT2D eigenvalue weighted by Crippen LogP contribution is -2.32. The highest BCUT2D eigenvalue weighted by molar-refractivity contribution is 5.94. The molecule has 0 aromatic heterocycles. The van der Waals surface area contributed by atoms with Crippen LogP contribution in [0.1, 0.15) is 15.9 Å². The summed E-state index contributed by atoms with van der Waals surface area (Å²) in [5.41, 5.74) is 1.81. The highest BCUT2D eigenvalue weighted by Gasteiger charge is 2.02. The summed E-state index contributed by atoms with van der Waals surface area (Å²) in [4.78, 5) is 11.6. The molecule has 4 heteroatoms. The first kappa shape index (κ1) is 12.7. The van der Waals surface area contributed by atoms with Gasteiger partial charge in [0.2, 0.25) is 0 Å². The first-order chi connectivity index (χ1) is 7.74. The van der Waals surface area contributed by atoms with Crippen LogP contribution in [0.15, 0.2) is 24.3 Å². The summed E-state index contributed by atoms with van der Waals surface area (Å²) in [7, 11) is 0. The molecule has 1 aromatic carbocycles. The van der Waals surface area contributed by atoms with Gasteiger partial charge in [-0.2, -0.15) is 0 Å². The van der Waals surface area contributed by atoms with E-state index < -0.39 is 0 Å². The molecule has 0 heterocycles. The van der Waals surface area contributed by atoms with Gasteiger partial charge in [0.15, 0.2) is 0 Å². The predicted molar refractivity (Wildman–Crippen MR) is 63.5 cm³/mol. The molecule has 3 N–H and O–H groups in total. The number of amides is 1. The van der Waals surface area contributed by atoms with Crippen molar-refractivity contribution < 1.29 is 9.90 Å². The van der Waals surface area contributed by atoms with Gasteiger partial charge in [0.1, 0.15) is 0 Å². The molecule has 1 aromatic rings. The van der Waals surface area contributed by atoms with E-state index in [0.717, 1.165) is 5.56 Å². The van der Waals surface area contributed by atoms with Crippen LogP contribution in [0.25, 0.3) is 0 Å². The van der Waals surface area contributed by atoms with E-state index in [2.05, 4.69) is 10.6 Å². The molecule has 88 valence electrons. The van der Waals surface area contributed by atoms with E-state index in [1.54, 1.807) is 0 Å². The summed E-state index contributed by atoms with van der Waals surface area (Å²) in [6.45, 7) is 3.89. The van der Waals surface area contributed by atoms with Gasteiger partial charge in [-0.05, 0) is 19.1 Å². The molecule has 0 fully saturated rings. The number of hydrogen-bond donors (Lipinski definition) is 3. The Labute approximate surface area is 95.7 Å². The Morgan fingerprint density at radius 2 is 1.88 bits per heavy atom. The van der Waals surface area contributed by atoms with Gasteiger partial charge < -0.3 is 15.7 Å². The van der Waals surface area contributed by atoms with Gasteiger partial charge in [-0.3, -0.25) is 4.79 Å². The smallest absolute Gasteiger partial charge is 0.251 e. The van der Waals surface area contributed by atoms with E-state index in [1.807, 2.05) is 31.2 Å². The molecule has 0 aliphatic heterocycles. The van der Waals surface area contributed by atoms with E-state index in [1.165, 1.54) is 0 Å². The molecule has 1 amide bonds. The summed E-state index contributed by atoms with van der Waals surface area (Å²) in [6.07, 6.45) is 0. The van der Waals surface area contributed by atoms with Gasteiger partial charge in [0.25, 0.3) is 5.91 Å². The van der Waals surface area contributed by atoms with Crippen molar-refractivity contribution in [1.29, 1.82) is 0 Å². The third-order valence-electron chi connectivity index (χ3n) is 2.19. The van der Waals surface area contributed by atoms with E-state index >= 15 is 0 Å². The number of hydrogen-bond acceptors (Lipinski definition) is 3. The normalized spacial score (nSPS) is 10.1. The minimum atomic E-state index is -0.0641. The number of aliphatic hydroxyl groups excluding tert-OH is 1. The fourth-order valence-electron chi connectivity index (χ4n) is 1.28. The lowest BCUT2D eigenvalue weighted by molar-refractivity contribution is 0.0954. The fraction of sp³-hybridized carbons (Fsp3) is 0.417. The number of aryl methyl sites for hydroxylation is 1.